The molecule has 0 aromatic heterocycles. The van der Waals surface area contributed by atoms with E-state index in [1.165, 1.54) is 32.3 Å². The van der Waals surface area contributed by atoms with E-state index in [4.69, 9.17) is 16.3 Å². The molecule has 23 heavy (non-hydrogen) atoms. The van der Waals surface area contributed by atoms with Crippen LogP contribution in [0.25, 0.3) is 0 Å². The highest BCUT2D eigenvalue weighted by atomic mass is 35.5. The smallest absolute Gasteiger partial charge is 0.258 e. The normalized spacial score (nSPS) is 13.0. The van der Waals surface area contributed by atoms with Crippen molar-refractivity contribution in [2.24, 2.45) is 0 Å². The first-order chi connectivity index (χ1) is 10.7. The van der Waals surface area contributed by atoms with Crippen LogP contribution in [-0.2, 0) is 14.8 Å². The van der Waals surface area contributed by atoms with E-state index >= 15 is 0 Å². The molecular formula is C15H23ClN2O4S. The van der Waals surface area contributed by atoms with Crippen molar-refractivity contribution in [3.8, 4) is 5.75 Å². The lowest BCUT2D eigenvalue weighted by molar-refractivity contribution is -0.123. The van der Waals surface area contributed by atoms with Crippen LogP contribution in [0.15, 0.2) is 23.1 Å². The Labute approximate surface area is 142 Å². The van der Waals surface area contributed by atoms with Crippen LogP contribution in [0.2, 0.25) is 5.02 Å². The maximum absolute atomic E-state index is 12.0. The summed E-state index contributed by atoms with van der Waals surface area (Å²) in [6.45, 7) is 3.80. The number of carbonyl (C=O) groups excluding carboxylic acids is 1. The van der Waals surface area contributed by atoms with Crippen LogP contribution in [0.4, 0.5) is 0 Å². The molecular weight excluding hydrogens is 340 g/mol. The molecule has 1 amide bonds. The number of ether oxygens (including phenoxy) is 1. The van der Waals surface area contributed by atoms with Crippen molar-refractivity contribution in [2.75, 3.05) is 20.7 Å². The summed E-state index contributed by atoms with van der Waals surface area (Å²) in [6.07, 6.45) is 1.87. The third kappa shape index (κ3) is 5.67. The summed E-state index contributed by atoms with van der Waals surface area (Å²) in [5.74, 6) is 0.0228. The highest BCUT2D eigenvalue weighted by Crippen LogP contribution is 2.28. The van der Waals surface area contributed by atoms with Gasteiger partial charge in [0.1, 0.15) is 5.75 Å². The van der Waals surface area contributed by atoms with Gasteiger partial charge < -0.3 is 10.1 Å². The molecule has 0 aliphatic carbocycles. The van der Waals surface area contributed by atoms with Crippen molar-refractivity contribution in [1.82, 2.24) is 9.62 Å². The van der Waals surface area contributed by atoms with E-state index < -0.39 is 10.0 Å². The van der Waals surface area contributed by atoms with Gasteiger partial charge in [0.05, 0.1) is 9.92 Å². The summed E-state index contributed by atoms with van der Waals surface area (Å²) < 4.78 is 30.5. The van der Waals surface area contributed by atoms with Crippen molar-refractivity contribution in [3.05, 3.63) is 23.2 Å². The van der Waals surface area contributed by atoms with E-state index in [2.05, 4.69) is 5.32 Å². The predicted octanol–water partition coefficient (Wildman–Crippen LogP) is 2.27. The number of rotatable bonds is 8. The fourth-order valence-corrected chi connectivity index (χ4v) is 3.16. The second kappa shape index (κ2) is 8.52. The summed E-state index contributed by atoms with van der Waals surface area (Å²) in [7, 11) is -0.676. The van der Waals surface area contributed by atoms with Gasteiger partial charge in [0.15, 0.2) is 6.61 Å². The first kappa shape index (κ1) is 19.7. The fraction of sp³-hybridized carbons (Fsp3) is 0.533. The first-order valence-electron chi connectivity index (χ1n) is 7.32. The number of benzene rings is 1. The zero-order valence-electron chi connectivity index (χ0n) is 13.8. The van der Waals surface area contributed by atoms with Crippen LogP contribution in [-0.4, -0.2) is 45.4 Å². The molecule has 0 unspecified atom stereocenters. The molecule has 0 saturated carbocycles. The Morgan fingerprint density at radius 2 is 2.04 bits per heavy atom. The van der Waals surface area contributed by atoms with E-state index in [0.717, 1.165) is 17.1 Å². The molecule has 0 radical (unpaired) electrons. The van der Waals surface area contributed by atoms with Gasteiger partial charge in [-0.3, -0.25) is 4.79 Å². The van der Waals surface area contributed by atoms with Crippen molar-refractivity contribution < 1.29 is 17.9 Å². The molecule has 0 aliphatic rings. The van der Waals surface area contributed by atoms with E-state index in [9.17, 15) is 13.2 Å². The molecule has 130 valence electrons. The Kier molecular flexibility index (Phi) is 7.31. The van der Waals surface area contributed by atoms with Crippen molar-refractivity contribution >= 4 is 27.5 Å². The van der Waals surface area contributed by atoms with Crippen molar-refractivity contribution in [1.29, 1.82) is 0 Å². The highest BCUT2D eigenvalue weighted by molar-refractivity contribution is 7.89. The second-order valence-corrected chi connectivity index (χ2v) is 7.98. The molecule has 6 nitrogen and oxygen atoms in total. The molecule has 1 aromatic carbocycles. The monoisotopic (exact) mass is 362 g/mol. The van der Waals surface area contributed by atoms with Gasteiger partial charge in [-0.1, -0.05) is 24.9 Å². The maximum atomic E-state index is 12.0. The molecule has 0 aliphatic heterocycles. The van der Waals surface area contributed by atoms with Crippen molar-refractivity contribution in [2.45, 2.75) is 37.6 Å². The molecule has 1 rings (SSSR count). The number of hydrogen-bond donors (Lipinski definition) is 1. The minimum absolute atomic E-state index is 0.0702. The number of halogens is 1. The Hall–Kier alpha value is -1.31. The molecule has 8 heteroatoms. The Bertz CT molecular complexity index is 647. The molecule has 1 atom stereocenters. The summed E-state index contributed by atoms with van der Waals surface area (Å²) in [6, 6.07) is 4.23. The SMILES string of the molecule is CCC[C@@H](C)NC(=O)COc1ccc(S(=O)(=O)N(C)C)cc1Cl. The molecule has 0 saturated heterocycles. The van der Waals surface area contributed by atoms with Gasteiger partial charge in [-0.25, -0.2) is 12.7 Å². The number of nitrogens with zero attached hydrogens (tertiary/aromatic N) is 1. The molecule has 1 N–H and O–H groups in total. The average molecular weight is 363 g/mol. The van der Waals surface area contributed by atoms with E-state index in [1.54, 1.807) is 0 Å². The molecule has 0 fully saturated rings. The Balaban J connectivity index is 2.72. The third-order valence-electron chi connectivity index (χ3n) is 3.17. The van der Waals surface area contributed by atoms with Gasteiger partial charge in [-0.05, 0) is 31.5 Å². The molecule has 0 spiro atoms. The summed E-state index contributed by atoms with van der Waals surface area (Å²) >= 11 is 6.04. The molecule has 0 bridgehead atoms. The van der Waals surface area contributed by atoms with E-state index in [-0.39, 0.29) is 34.2 Å². The quantitative estimate of drug-likeness (QED) is 0.769. The lowest BCUT2D eigenvalue weighted by Gasteiger charge is -2.15. The number of hydrogen-bond acceptors (Lipinski definition) is 4. The minimum atomic E-state index is -3.56. The molecule has 0 heterocycles. The Morgan fingerprint density at radius 1 is 1.39 bits per heavy atom. The second-order valence-electron chi connectivity index (χ2n) is 5.43. The van der Waals surface area contributed by atoms with Gasteiger partial charge in [0.25, 0.3) is 5.91 Å². The number of sulfonamides is 1. The van der Waals surface area contributed by atoms with Crippen LogP contribution in [0.1, 0.15) is 26.7 Å². The third-order valence-corrected chi connectivity index (χ3v) is 5.28. The van der Waals surface area contributed by atoms with Gasteiger partial charge in [-0.2, -0.15) is 0 Å². The summed E-state index contributed by atoms with van der Waals surface area (Å²) in [5.41, 5.74) is 0. The maximum Gasteiger partial charge on any atom is 0.258 e. The van der Waals surface area contributed by atoms with Crippen LogP contribution in [0, 0.1) is 0 Å². The topological polar surface area (TPSA) is 75.7 Å². The van der Waals surface area contributed by atoms with Gasteiger partial charge in [-0.15, -0.1) is 0 Å². The van der Waals surface area contributed by atoms with Crippen LogP contribution < -0.4 is 10.1 Å². The number of nitrogens with one attached hydrogen (secondary N) is 1. The summed E-state index contributed by atoms with van der Waals surface area (Å²) in [4.78, 5) is 11.8. The standard InChI is InChI=1S/C15H23ClN2O4S/c1-5-6-11(2)17-15(19)10-22-14-8-7-12(9-13(14)16)23(20,21)18(3)4/h7-9,11H,5-6,10H2,1-4H3,(H,17,19)/t11-/m1/s1. The van der Waals surface area contributed by atoms with Crippen molar-refractivity contribution in [3.63, 3.8) is 0 Å². The van der Waals surface area contributed by atoms with Crippen LogP contribution in [0.3, 0.4) is 0 Å². The van der Waals surface area contributed by atoms with Gasteiger partial charge >= 0.3 is 0 Å². The zero-order chi connectivity index (χ0) is 17.6. The first-order valence-corrected chi connectivity index (χ1v) is 9.14. The zero-order valence-corrected chi connectivity index (χ0v) is 15.4. The average Bonchev–Trinajstić information content (AvgIpc) is 2.45. The van der Waals surface area contributed by atoms with E-state index in [0.29, 0.717) is 0 Å². The number of amides is 1. The van der Waals surface area contributed by atoms with Gasteiger partial charge in [0, 0.05) is 20.1 Å². The predicted molar refractivity (Wildman–Crippen MR) is 90.3 cm³/mol. The fourth-order valence-electron chi connectivity index (χ4n) is 1.93. The highest BCUT2D eigenvalue weighted by Gasteiger charge is 2.19. The Morgan fingerprint density at radius 3 is 2.57 bits per heavy atom. The van der Waals surface area contributed by atoms with Crippen LogP contribution in [0.5, 0.6) is 5.75 Å². The minimum Gasteiger partial charge on any atom is -0.482 e. The van der Waals surface area contributed by atoms with E-state index in [1.807, 2.05) is 13.8 Å². The lowest BCUT2D eigenvalue weighted by atomic mass is 10.2. The number of carbonyl (C=O) groups is 1. The molecule has 1 aromatic rings. The lowest BCUT2D eigenvalue weighted by Crippen LogP contribution is -2.35. The van der Waals surface area contributed by atoms with Gasteiger partial charge in [0.2, 0.25) is 10.0 Å². The summed E-state index contributed by atoms with van der Waals surface area (Å²) in [5, 5.41) is 2.95. The van der Waals surface area contributed by atoms with Crippen LogP contribution >= 0.6 is 11.6 Å². The largest absolute Gasteiger partial charge is 0.482 e.